The first-order valence-electron chi connectivity index (χ1n) is 8.34. The first kappa shape index (κ1) is 20.3. The van der Waals surface area contributed by atoms with E-state index < -0.39 is 15.9 Å². The van der Waals surface area contributed by atoms with Crippen LogP contribution in [-0.4, -0.2) is 37.3 Å². The molecule has 0 saturated carbocycles. The molecule has 0 atom stereocenters. The van der Waals surface area contributed by atoms with Crippen molar-refractivity contribution in [3.05, 3.63) is 60.2 Å². The zero-order valence-corrected chi connectivity index (χ0v) is 17.6. The van der Waals surface area contributed by atoms with E-state index in [0.29, 0.717) is 5.13 Å². The van der Waals surface area contributed by atoms with Gasteiger partial charge in [0.25, 0.3) is 15.9 Å². The summed E-state index contributed by atoms with van der Waals surface area (Å²) in [7, 11) is -2.37. The van der Waals surface area contributed by atoms with E-state index in [-0.39, 0.29) is 16.1 Å². The molecular formula is C18H18N4O3S3. The molecule has 0 aliphatic carbocycles. The van der Waals surface area contributed by atoms with Crippen molar-refractivity contribution in [3.63, 3.8) is 0 Å². The number of carbonyl (C=O) groups excluding carboxylic acids is 1. The summed E-state index contributed by atoms with van der Waals surface area (Å²) >= 11 is 2.81. The Balaban J connectivity index is 1.89. The molecule has 146 valence electrons. The topological polar surface area (TPSA) is 92.3 Å². The number of hydrogen-bond acceptors (Lipinski definition) is 7. The fourth-order valence-electron chi connectivity index (χ4n) is 2.43. The molecule has 7 nitrogen and oxygen atoms in total. The van der Waals surface area contributed by atoms with Gasteiger partial charge in [0.1, 0.15) is 0 Å². The van der Waals surface area contributed by atoms with Crippen LogP contribution in [0.3, 0.4) is 0 Å². The SMILES string of the molecule is CCSc1nnc(NC(=O)c2ccccc2N(C)S(=O)(=O)c2ccccc2)s1. The molecule has 3 rings (SSSR count). The molecule has 1 heterocycles. The van der Waals surface area contributed by atoms with Gasteiger partial charge in [-0.05, 0) is 30.0 Å². The number of hydrogen-bond donors (Lipinski definition) is 1. The van der Waals surface area contributed by atoms with Crippen molar-refractivity contribution in [1.29, 1.82) is 0 Å². The normalized spacial score (nSPS) is 11.2. The van der Waals surface area contributed by atoms with Gasteiger partial charge in [-0.15, -0.1) is 10.2 Å². The Morgan fingerprint density at radius 3 is 2.50 bits per heavy atom. The summed E-state index contributed by atoms with van der Waals surface area (Å²) in [5.41, 5.74) is 0.501. The fourth-order valence-corrected chi connectivity index (χ4v) is 5.31. The third-order valence-electron chi connectivity index (χ3n) is 3.78. The van der Waals surface area contributed by atoms with Crippen LogP contribution in [0.15, 0.2) is 63.8 Å². The molecule has 1 N–H and O–H groups in total. The van der Waals surface area contributed by atoms with Crippen LogP contribution in [-0.2, 0) is 10.0 Å². The molecule has 28 heavy (non-hydrogen) atoms. The van der Waals surface area contributed by atoms with Crippen LogP contribution in [0.2, 0.25) is 0 Å². The second-order valence-corrected chi connectivity index (χ2v) is 10.0. The Morgan fingerprint density at radius 2 is 1.79 bits per heavy atom. The van der Waals surface area contributed by atoms with Crippen LogP contribution in [0.25, 0.3) is 0 Å². The van der Waals surface area contributed by atoms with Crippen LogP contribution >= 0.6 is 23.1 Å². The van der Waals surface area contributed by atoms with E-state index in [0.717, 1.165) is 14.4 Å². The summed E-state index contributed by atoms with van der Waals surface area (Å²) in [6.45, 7) is 2.00. The minimum atomic E-state index is -3.80. The summed E-state index contributed by atoms with van der Waals surface area (Å²) in [5.74, 6) is 0.406. The van der Waals surface area contributed by atoms with E-state index in [9.17, 15) is 13.2 Å². The third kappa shape index (κ3) is 4.34. The molecule has 1 amide bonds. The van der Waals surface area contributed by atoms with E-state index in [4.69, 9.17) is 0 Å². The minimum absolute atomic E-state index is 0.151. The number of benzene rings is 2. The van der Waals surface area contributed by atoms with Gasteiger partial charge in [0.2, 0.25) is 5.13 Å². The lowest BCUT2D eigenvalue weighted by Gasteiger charge is -2.21. The molecule has 0 aliphatic rings. The van der Waals surface area contributed by atoms with Gasteiger partial charge in [0, 0.05) is 7.05 Å². The Bertz CT molecular complexity index is 1070. The lowest BCUT2D eigenvalue weighted by molar-refractivity contribution is 0.102. The number of amides is 1. The van der Waals surface area contributed by atoms with Gasteiger partial charge in [0.05, 0.1) is 16.1 Å². The van der Waals surface area contributed by atoms with E-state index in [1.165, 1.54) is 42.3 Å². The lowest BCUT2D eigenvalue weighted by Crippen LogP contribution is -2.29. The van der Waals surface area contributed by atoms with Gasteiger partial charge in [-0.25, -0.2) is 8.42 Å². The maximum atomic E-state index is 12.9. The van der Waals surface area contributed by atoms with E-state index in [1.54, 1.807) is 42.5 Å². The lowest BCUT2D eigenvalue weighted by atomic mass is 10.1. The first-order chi connectivity index (χ1) is 13.4. The average Bonchev–Trinajstić information content (AvgIpc) is 3.15. The highest BCUT2D eigenvalue weighted by atomic mass is 32.2. The van der Waals surface area contributed by atoms with Crippen LogP contribution in [0.4, 0.5) is 10.8 Å². The Morgan fingerprint density at radius 1 is 1.11 bits per heavy atom. The number of thioether (sulfide) groups is 1. The zero-order valence-electron chi connectivity index (χ0n) is 15.2. The second-order valence-electron chi connectivity index (χ2n) is 5.56. The Labute approximate surface area is 171 Å². The number of carbonyl (C=O) groups is 1. The van der Waals surface area contributed by atoms with Crippen LogP contribution in [0.5, 0.6) is 0 Å². The largest absolute Gasteiger partial charge is 0.296 e. The molecule has 0 radical (unpaired) electrons. The monoisotopic (exact) mass is 434 g/mol. The number of para-hydroxylation sites is 1. The maximum absolute atomic E-state index is 12.9. The van der Waals surface area contributed by atoms with E-state index >= 15 is 0 Å². The highest BCUT2D eigenvalue weighted by molar-refractivity contribution is 8.01. The fraction of sp³-hybridized carbons (Fsp3) is 0.167. The van der Waals surface area contributed by atoms with Crippen LogP contribution in [0, 0.1) is 0 Å². The average molecular weight is 435 g/mol. The van der Waals surface area contributed by atoms with Crippen molar-refractivity contribution in [2.24, 2.45) is 0 Å². The second kappa shape index (κ2) is 8.72. The molecule has 10 heteroatoms. The van der Waals surface area contributed by atoms with Gasteiger partial charge >= 0.3 is 0 Å². The van der Waals surface area contributed by atoms with Crippen molar-refractivity contribution >= 4 is 49.8 Å². The molecule has 0 aliphatic heterocycles. The summed E-state index contributed by atoms with van der Waals surface area (Å²) < 4.78 is 27.7. The van der Waals surface area contributed by atoms with Gasteiger partial charge in [-0.1, -0.05) is 60.4 Å². The number of aromatic nitrogens is 2. The molecule has 2 aromatic carbocycles. The van der Waals surface area contributed by atoms with Crippen molar-refractivity contribution in [2.45, 2.75) is 16.2 Å². The summed E-state index contributed by atoms with van der Waals surface area (Å²) in [4.78, 5) is 12.9. The maximum Gasteiger partial charge on any atom is 0.264 e. The molecule has 0 bridgehead atoms. The molecule has 1 aromatic heterocycles. The first-order valence-corrected chi connectivity index (χ1v) is 11.6. The van der Waals surface area contributed by atoms with Crippen molar-refractivity contribution in [1.82, 2.24) is 10.2 Å². The number of sulfonamides is 1. The van der Waals surface area contributed by atoms with Gasteiger partial charge < -0.3 is 0 Å². The number of nitrogens with one attached hydrogen (secondary N) is 1. The highest BCUT2D eigenvalue weighted by Gasteiger charge is 2.25. The van der Waals surface area contributed by atoms with Gasteiger partial charge in [-0.2, -0.15) is 0 Å². The minimum Gasteiger partial charge on any atom is -0.296 e. The summed E-state index contributed by atoms with van der Waals surface area (Å²) in [6.07, 6.45) is 0. The zero-order chi connectivity index (χ0) is 20.1. The quantitative estimate of drug-likeness (QED) is 0.450. The molecule has 0 saturated heterocycles. The smallest absolute Gasteiger partial charge is 0.264 e. The highest BCUT2D eigenvalue weighted by Crippen LogP contribution is 2.28. The Hall–Kier alpha value is -2.43. The predicted molar refractivity (Wildman–Crippen MR) is 113 cm³/mol. The number of anilines is 2. The molecule has 3 aromatic rings. The predicted octanol–water partition coefficient (Wildman–Crippen LogP) is 3.73. The number of rotatable bonds is 7. The van der Waals surface area contributed by atoms with Crippen molar-refractivity contribution < 1.29 is 13.2 Å². The van der Waals surface area contributed by atoms with E-state index in [2.05, 4.69) is 15.5 Å². The third-order valence-corrected chi connectivity index (χ3v) is 7.42. The van der Waals surface area contributed by atoms with Crippen molar-refractivity contribution in [2.75, 3.05) is 22.4 Å². The van der Waals surface area contributed by atoms with E-state index in [1.807, 2.05) is 6.92 Å². The van der Waals surface area contributed by atoms with Gasteiger partial charge in [0.15, 0.2) is 4.34 Å². The summed E-state index contributed by atoms with van der Waals surface area (Å²) in [5, 5.41) is 11.0. The standard InChI is InChI=1S/C18H18N4O3S3/c1-3-26-18-21-20-17(27-18)19-16(23)14-11-7-8-12-15(14)22(2)28(24,25)13-9-5-4-6-10-13/h4-12H,3H2,1-2H3,(H,19,20,23). The number of nitrogens with zero attached hydrogens (tertiary/aromatic N) is 3. The molecular weight excluding hydrogens is 416 g/mol. The molecule has 0 fully saturated rings. The van der Waals surface area contributed by atoms with Crippen LogP contribution < -0.4 is 9.62 Å². The molecule has 0 unspecified atom stereocenters. The molecule has 0 spiro atoms. The van der Waals surface area contributed by atoms with Gasteiger partial charge in [-0.3, -0.25) is 14.4 Å². The van der Waals surface area contributed by atoms with Crippen LogP contribution in [0.1, 0.15) is 17.3 Å². The summed E-state index contributed by atoms with van der Waals surface area (Å²) in [6, 6.07) is 14.6. The van der Waals surface area contributed by atoms with Crippen molar-refractivity contribution in [3.8, 4) is 0 Å². The Kier molecular flexibility index (Phi) is 6.32.